The van der Waals surface area contributed by atoms with E-state index in [9.17, 15) is 13.2 Å². The molecule has 1 aliphatic heterocycles. The summed E-state index contributed by atoms with van der Waals surface area (Å²) in [5.74, 6) is 0.573. The first kappa shape index (κ1) is 27.6. The van der Waals surface area contributed by atoms with Crippen molar-refractivity contribution in [3.8, 4) is 16.9 Å². The predicted octanol–water partition coefficient (Wildman–Crippen LogP) is 4.80. The summed E-state index contributed by atoms with van der Waals surface area (Å²) in [7, 11) is -2.08. The van der Waals surface area contributed by atoms with Crippen molar-refractivity contribution in [2.75, 3.05) is 36.1 Å². The monoisotopic (exact) mass is 588 g/mol. The molecule has 0 spiro atoms. The maximum atomic E-state index is 15.4. The molecule has 0 saturated heterocycles. The first-order valence-corrected chi connectivity index (χ1v) is 15.0. The van der Waals surface area contributed by atoms with E-state index in [-0.39, 0.29) is 29.0 Å². The molecule has 1 amide bonds. The standard InChI is InChI=1S/C30H29FN6O4S/c1-41-22-9-7-20(8-10-22)30(12-13-30)28(38)36-26-11-6-19(16-25(26)31)24-18-33-29-35-21-4-2-5-23(17-21)42(39,40)34-15-3-14-32-27(24)37-29/h2,4-11,16-18,34H,3,12-15H2,1H3,(H,36,38)(H2,32,33,35,37). The van der Waals surface area contributed by atoms with Crippen molar-refractivity contribution in [2.45, 2.75) is 29.6 Å². The molecule has 1 fully saturated rings. The van der Waals surface area contributed by atoms with E-state index >= 15 is 4.39 Å². The fourth-order valence-electron chi connectivity index (χ4n) is 4.95. The van der Waals surface area contributed by atoms with Crippen molar-refractivity contribution < 1.29 is 22.3 Å². The van der Waals surface area contributed by atoms with Crippen LogP contribution >= 0.6 is 0 Å². The van der Waals surface area contributed by atoms with E-state index in [0.717, 1.165) is 5.56 Å². The lowest BCUT2D eigenvalue weighted by molar-refractivity contribution is -0.118. The van der Waals surface area contributed by atoms with E-state index in [0.29, 0.717) is 54.2 Å². The van der Waals surface area contributed by atoms with Crippen LogP contribution in [0.5, 0.6) is 5.75 Å². The zero-order valence-corrected chi connectivity index (χ0v) is 23.6. The van der Waals surface area contributed by atoms with Crippen LogP contribution in [0.3, 0.4) is 0 Å². The van der Waals surface area contributed by atoms with Crippen LogP contribution in [0.2, 0.25) is 0 Å². The number of carbonyl (C=O) groups is 1. The largest absolute Gasteiger partial charge is 0.497 e. The third kappa shape index (κ3) is 5.50. The van der Waals surface area contributed by atoms with Crippen LogP contribution in [-0.4, -0.2) is 44.5 Å². The van der Waals surface area contributed by atoms with E-state index in [1.54, 1.807) is 31.5 Å². The topological polar surface area (TPSA) is 134 Å². The van der Waals surface area contributed by atoms with Crippen LogP contribution in [0.15, 0.2) is 77.8 Å². The molecule has 1 saturated carbocycles. The van der Waals surface area contributed by atoms with E-state index in [4.69, 9.17) is 4.74 Å². The molecule has 1 aromatic heterocycles. The summed E-state index contributed by atoms with van der Waals surface area (Å²) in [5, 5.41) is 9.03. The fraction of sp³-hybridized carbons (Fsp3) is 0.233. The Bertz CT molecular complexity index is 1760. The number of amides is 1. The number of carbonyl (C=O) groups excluding carboxylic acids is 1. The van der Waals surface area contributed by atoms with Crippen LogP contribution in [-0.2, 0) is 20.2 Å². The van der Waals surface area contributed by atoms with Crippen molar-refractivity contribution in [1.82, 2.24) is 14.7 Å². The summed E-state index contributed by atoms with van der Waals surface area (Å²) in [6, 6.07) is 18.3. The number of hydrogen-bond donors (Lipinski definition) is 4. The molecule has 3 aromatic carbocycles. The Labute approximate surface area is 242 Å². The van der Waals surface area contributed by atoms with Crippen molar-refractivity contribution in [3.05, 3.63) is 84.3 Å². The number of anilines is 4. The van der Waals surface area contributed by atoms with E-state index in [1.165, 1.54) is 24.3 Å². The molecule has 0 unspecified atom stereocenters. The zero-order valence-electron chi connectivity index (χ0n) is 22.8. The van der Waals surface area contributed by atoms with Crippen LogP contribution in [0, 0.1) is 5.82 Å². The van der Waals surface area contributed by atoms with Gasteiger partial charge in [-0.15, -0.1) is 0 Å². The molecule has 10 nitrogen and oxygen atoms in total. The Morgan fingerprint density at radius 3 is 2.60 bits per heavy atom. The summed E-state index contributed by atoms with van der Waals surface area (Å²) in [5.41, 5.74) is 1.85. The van der Waals surface area contributed by atoms with Crippen molar-refractivity contribution in [1.29, 1.82) is 0 Å². The van der Waals surface area contributed by atoms with E-state index < -0.39 is 21.3 Å². The average molecular weight is 589 g/mol. The Morgan fingerprint density at radius 1 is 1.05 bits per heavy atom. The number of sulfonamides is 1. The van der Waals surface area contributed by atoms with Gasteiger partial charge < -0.3 is 20.7 Å². The Hall–Kier alpha value is -4.55. The van der Waals surface area contributed by atoms with Crippen LogP contribution < -0.4 is 25.4 Å². The number of ether oxygens (including phenoxy) is 1. The number of benzene rings is 3. The minimum absolute atomic E-state index is 0.0859. The first-order chi connectivity index (χ1) is 20.3. The third-order valence-electron chi connectivity index (χ3n) is 7.48. The highest BCUT2D eigenvalue weighted by atomic mass is 32.2. The summed E-state index contributed by atoms with van der Waals surface area (Å²) in [4.78, 5) is 22.3. The SMILES string of the molecule is COc1ccc(C2(C(=O)Nc3ccc(-c4cnc5nc4NCCCNS(=O)(=O)c4cccc(c4)N5)cc3F)CC2)cc1. The molecule has 2 heterocycles. The molecule has 0 radical (unpaired) electrons. The third-order valence-corrected chi connectivity index (χ3v) is 8.94. The molecular weight excluding hydrogens is 559 g/mol. The van der Waals surface area contributed by atoms with Gasteiger partial charge in [-0.1, -0.05) is 24.3 Å². The molecule has 6 rings (SSSR count). The number of halogens is 1. The maximum absolute atomic E-state index is 15.4. The van der Waals surface area contributed by atoms with Gasteiger partial charge in [-0.25, -0.2) is 22.5 Å². The van der Waals surface area contributed by atoms with Crippen molar-refractivity contribution in [2.24, 2.45) is 0 Å². The van der Waals surface area contributed by atoms with Gasteiger partial charge in [-0.05, 0) is 72.9 Å². The second-order valence-electron chi connectivity index (χ2n) is 10.2. The lowest BCUT2D eigenvalue weighted by atomic mass is 9.94. The minimum atomic E-state index is -3.66. The number of methoxy groups -OCH3 is 1. The summed E-state index contributed by atoms with van der Waals surface area (Å²) in [6.07, 6.45) is 3.43. The Morgan fingerprint density at radius 2 is 1.86 bits per heavy atom. The maximum Gasteiger partial charge on any atom is 0.240 e. The number of aromatic nitrogens is 2. The normalized spacial score (nSPS) is 16.8. The smallest absolute Gasteiger partial charge is 0.240 e. The van der Waals surface area contributed by atoms with Crippen LogP contribution in [0.25, 0.3) is 11.1 Å². The number of fused-ring (bicyclic) bond motifs is 4. The summed E-state index contributed by atoms with van der Waals surface area (Å²) >= 11 is 0. The van der Waals surface area contributed by atoms with Crippen LogP contribution in [0.1, 0.15) is 24.8 Å². The van der Waals surface area contributed by atoms with Crippen molar-refractivity contribution in [3.63, 3.8) is 0 Å². The molecule has 4 N–H and O–H groups in total. The van der Waals surface area contributed by atoms with Gasteiger partial charge in [-0.2, -0.15) is 4.98 Å². The first-order valence-electron chi connectivity index (χ1n) is 13.5. The van der Waals surface area contributed by atoms with Gasteiger partial charge in [-0.3, -0.25) is 4.79 Å². The van der Waals surface area contributed by atoms with Crippen molar-refractivity contribution >= 4 is 39.1 Å². The second kappa shape index (κ2) is 11.0. The lowest BCUT2D eigenvalue weighted by Gasteiger charge is -2.17. The molecule has 2 aliphatic rings. The van der Waals surface area contributed by atoms with Gasteiger partial charge in [0.1, 0.15) is 17.4 Å². The predicted molar refractivity (Wildman–Crippen MR) is 158 cm³/mol. The lowest BCUT2D eigenvalue weighted by Crippen LogP contribution is -2.28. The summed E-state index contributed by atoms with van der Waals surface area (Å²) < 4.78 is 48.4. The number of hydrogen-bond acceptors (Lipinski definition) is 8. The summed E-state index contributed by atoms with van der Waals surface area (Å²) in [6.45, 7) is 0.634. The quantitative estimate of drug-likeness (QED) is 0.261. The van der Waals surface area contributed by atoms with Gasteiger partial charge >= 0.3 is 0 Å². The van der Waals surface area contributed by atoms with Crippen LogP contribution in [0.4, 0.5) is 27.5 Å². The Kier molecular flexibility index (Phi) is 7.25. The molecule has 1 aliphatic carbocycles. The molecule has 42 heavy (non-hydrogen) atoms. The highest BCUT2D eigenvalue weighted by molar-refractivity contribution is 7.89. The minimum Gasteiger partial charge on any atom is -0.497 e. The van der Waals surface area contributed by atoms with Gasteiger partial charge in [0.25, 0.3) is 0 Å². The molecule has 0 atom stereocenters. The number of rotatable bonds is 5. The van der Waals surface area contributed by atoms with Gasteiger partial charge in [0.2, 0.25) is 21.9 Å². The highest BCUT2D eigenvalue weighted by Gasteiger charge is 2.51. The zero-order chi connectivity index (χ0) is 29.3. The number of nitrogens with zero attached hydrogens (tertiary/aromatic N) is 2. The molecular formula is C30H29FN6O4S. The average Bonchev–Trinajstić information content (AvgIpc) is 3.80. The highest BCUT2D eigenvalue weighted by Crippen LogP contribution is 2.49. The fourth-order valence-corrected chi connectivity index (χ4v) is 6.07. The van der Waals surface area contributed by atoms with Gasteiger partial charge in [0, 0.05) is 30.5 Å². The molecule has 4 aromatic rings. The van der Waals surface area contributed by atoms with E-state index in [2.05, 4.69) is 30.6 Å². The number of nitrogens with one attached hydrogen (secondary N) is 4. The van der Waals surface area contributed by atoms with Gasteiger partial charge in [0.15, 0.2) is 0 Å². The second-order valence-corrected chi connectivity index (χ2v) is 12.0. The van der Waals surface area contributed by atoms with E-state index in [1.807, 2.05) is 24.3 Å². The molecule has 216 valence electrons. The molecule has 4 bridgehead atoms. The Balaban J connectivity index is 1.24. The van der Waals surface area contributed by atoms with Gasteiger partial charge in [0.05, 0.1) is 23.1 Å². The molecule has 12 heteroatoms.